The van der Waals surface area contributed by atoms with Crippen LogP contribution < -0.4 is 9.08 Å². The zero-order valence-electron chi connectivity index (χ0n) is 14.7. The molecular weight excluding hydrogens is 391 g/mol. The molecule has 0 aliphatic carbocycles. The first-order valence-corrected chi connectivity index (χ1v) is 8.92. The van der Waals surface area contributed by atoms with E-state index in [9.17, 15) is 26.4 Å². The Hall–Kier alpha value is -2.63. The van der Waals surface area contributed by atoms with Gasteiger partial charge in [-0.05, 0) is 32.0 Å². The molecular formula is C15H16F3N3O5S. The van der Waals surface area contributed by atoms with E-state index in [0.717, 1.165) is 0 Å². The van der Waals surface area contributed by atoms with Crippen LogP contribution in [0.2, 0.25) is 0 Å². The Morgan fingerprint density at radius 1 is 1.19 bits per heavy atom. The molecule has 1 aromatic heterocycles. The van der Waals surface area contributed by atoms with Crippen molar-refractivity contribution in [2.24, 2.45) is 0 Å². The predicted molar refractivity (Wildman–Crippen MR) is 90.0 cm³/mol. The van der Waals surface area contributed by atoms with Crippen LogP contribution in [-0.2, 0) is 14.9 Å². The zero-order valence-corrected chi connectivity index (χ0v) is 15.6. The van der Waals surface area contributed by atoms with E-state index >= 15 is 0 Å². The summed E-state index contributed by atoms with van der Waals surface area (Å²) in [5.74, 6) is -1.69. The summed E-state index contributed by atoms with van der Waals surface area (Å²) >= 11 is 0. The van der Waals surface area contributed by atoms with Crippen molar-refractivity contribution in [3.8, 4) is 5.88 Å². The van der Waals surface area contributed by atoms with Gasteiger partial charge in [0.2, 0.25) is 0 Å². The fraction of sp³-hybridized carbons (Fsp3) is 0.400. The number of alkyl halides is 3. The molecule has 0 aliphatic heterocycles. The van der Waals surface area contributed by atoms with Crippen LogP contribution in [-0.4, -0.2) is 50.1 Å². The smallest absolute Gasteiger partial charge is 0.465 e. The number of hydrogen-bond donors (Lipinski definition) is 0. The Kier molecular flexibility index (Phi) is 5.50. The third-order valence-electron chi connectivity index (χ3n) is 3.62. The summed E-state index contributed by atoms with van der Waals surface area (Å²) in [6.45, 7) is 3.41. The minimum Gasteiger partial charge on any atom is -0.465 e. The first-order valence-electron chi connectivity index (χ1n) is 7.51. The zero-order chi connectivity index (χ0) is 20.6. The molecule has 0 amide bonds. The van der Waals surface area contributed by atoms with E-state index in [1.54, 1.807) is 13.8 Å². The summed E-state index contributed by atoms with van der Waals surface area (Å²) < 4.78 is 69.6. The van der Waals surface area contributed by atoms with Gasteiger partial charge in [-0.3, -0.25) is 0 Å². The number of anilines is 1. The number of ether oxygens (including phenoxy) is 1. The predicted octanol–water partition coefficient (Wildman–Crippen LogP) is 2.49. The second-order valence-electron chi connectivity index (χ2n) is 5.74. The summed E-state index contributed by atoms with van der Waals surface area (Å²) in [4.78, 5) is 21.0. The molecule has 0 fully saturated rings. The number of halogens is 3. The van der Waals surface area contributed by atoms with Crippen LogP contribution in [0, 0.1) is 0 Å². The van der Waals surface area contributed by atoms with Crippen molar-refractivity contribution < 1.29 is 35.3 Å². The van der Waals surface area contributed by atoms with E-state index in [1.807, 2.05) is 0 Å². The van der Waals surface area contributed by atoms with E-state index in [4.69, 9.17) is 0 Å². The van der Waals surface area contributed by atoms with Gasteiger partial charge in [0, 0.05) is 13.1 Å². The lowest BCUT2D eigenvalue weighted by Gasteiger charge is -2.24. The average Bonchev–Trinajstić information content (AvgIpc) is 2.58. The number of esters is 1. The van der Waals surface area contributed by atoms with Crippen LogP contribution in [0.4, 0.5) is 19.0 Å². The minimum atomic E-state index is -5.93. The molecule has 0 unspecified atom stereocenters. The number of carbonyl (C=O) groups excluding carboxylic acids is 1. The number of fused-ring (bicyclic) bond motifs is 1. The number of methoxy groups -OCH3 is 1. The van der Waals surface area contributed by atoms with Gasteiger partial charge in [0.05, 0.1) is 23.7 Å². The Bertz CT molecular complexity index is 977. The monoisotopic (exact) mass is 407 g/mol. The minimum absolute atomic E-state index is 0.0379. The molecule has 1 aromatic carbocycles. The molecule has 2 rings (SSSR count). The van der Waals surface area contributed by atoms with Crippen molar-refractivity contribution >= 4 is 32.9 Å². The number of carbonyl (C=O) groups is 1. The summed E-state index contributed by atoms with van der Waals surface area (Å²) in [6.07, 6.45) is 0. The van der Waals surface area contributed by atoms with Crippen molar-refractivity contribution in [2.75, 3.05) is 19.1 Å². The maximum Gasteiger partial charge on any atom is 0.534 e. The number of nitrogens with zero attached hydrogens (tertiary/aromatic N) is 3. The molecule has 0 atom stereocenters. The molecule has 27 heavy (non-hydrogen) atoms. The SMILES string of the molecule is COC(=O)c1ccc2nc(OS(=O)(=O)C(F)(F)F)c(N(C)C(C)C)nc2c1. The highest BCUT2D eigenvalue weighted by molar-refractivity contribution is 7.88. The Labute approximate surface area is 153 Å². The molecule has 0 bridgehead atoms. The van der Waals surface area contributed by atoms with Crippen LogP contribution in [0.15, 0.2) is 18.2 Å². The van der Waals surface area contributed by atoms with Gasteiger partial charge < -0.3 is 13.8 Å². The van der Waals surface area contributed by atoms with E-state index < -0.39 is 27.5 Å². The summed E-state index contributed by atoms with van der Waals surface area (Å²) in [5.41, 5.74) is -5.28. The molecule has 8 nitrogen and oxygen atoms in total. The topological polar surface area (TPSA) is 98.7 Å². The quantitative estimate of drug-likeness (QED) is 0.424. The summed E-state index contributed by atoms with van der Waals surface area (Å²) in [7, 11) is -3.26. The molecule has 0 saturated carbocycles. The van der Waals surface area contributed by atoms with Crippen molar-refractivity contribution in [3.05, 3.63) is 23.8 Å². The lowest BCUT2D eigenvalue weighted by atomic mass is 10.2. The molecule has 0 saturated heterocycles. The first-order chi connectivity index (χ1) is 12.4. The highest BCUT2D eigenvalue weighted by Crippen LogP contribution is 2.33. The van der Waals surface area contributed by atoms with E-state index in [-0.39, 0.29) is 28.5 Å². The largest absolute Gasteiger partial charge is 0.534 e. The van der Waals surface area contributed by atoms with E-state index in [1.165, 1.54) is 37.3 Å². The van der Waals surface area contributed by atoms with Crippen molar-refractivity contribution in [3.63, 3.8) is 0 Å². The van der Waals surface area contributed by atoms with Gasteiger partial charge >= 0.3 is 21.6 Å². The van der Waals surface area contributed by atoms with Gasteiger partial charge in [-0.2, -0.15) is 21.6 Å². The fourth-order valence-electron chi connectivity index (χ4n) is 1.96. The molecule has 0 aliphatic rings. The van der Waals surface area contributed by atoms with Gasteiger partial charge in [-0.1, -0.05) is 0 Å². The summed E-state index contributed by atoms with van der Waals surface area (Å²) in [6, 6.07) is 3.67. The van der Waals surface area contributed by atoms with Crippen LogP contribution in [0.5, 0.6) is 5.88 Å². The van der Waals surface area contributed by atoms with Gasteiger partial charge in [-0.15, -0.1) is 0 Å². The van der Waals surface area contributed by atoms with Gasteiger partial charge in [-0.25, -0.2) is 14.8 Å². The molecule has 0 N–H and O–H groups in total. The number of benzene rings is 1. The standard InChI is InChI=1S/C15H16F3N3O5S/c1-8(2)21(3)12-13(26-27(23,24)15(16,17)18)20-10-6-5-9(14(22)25-4)7-11(10)19-12/h5-8H,1-4H3. The van der Waals surface area contributed by atoms with Crippen molar-refractivity contribution in [1.82, 2.24) is 9.97 Å². The highest BCUT2D eigenvalue weighted by atomic mass is 32.2. The third-order valence-corrected chi connectivity index (χ3v) is 4.56. The van der Waals surface area contributed by atoms with Crippen LogP contribution >= 0.6 is 0 Å². The lowest BCUT2D eigenvalue weighted by molar-refractivity contribution is -0.0501. The van der Waals surface area contributed by atoms with E-state index in [2.05, 4.69) is 18.9 Å². The molecule has 1 heterocycles. The molecule has 0 radical (unpaired) electrons. The maximum absolute atomic E-state index is 12.7. The van der Waals surface area contributed by atoms with Crippen LogP contribution in [0.25, 0.3) is 11.0 Å². The normalized spacial score (nSPS) is 12.3. The van der Waals surface area contributed by atoms with Gasteiger partial charge in [0.25, 0.3) is 5.88 Å². The molecule has 2 aromatic rings. The Balaban J connectivity index is 2.67. The molecule has 148 valence electrons. The number of hydrogen-bond acceptors (Lipinski definition) is 8. The second-order valence-corrected chi connectivity index (χ2v) is 7.27. The highest BCUT2D eigenvalue weighted by Gasteiger charge is 2.49. The summed E-state index contributed by atoms with van der Waals surface area (Å²) in [5, 5.41) is 0. The number of aromatic nitrogens is 2. The molecule has 0 spiro atoms. The first kappa shape index (κ1) is 20.7. The fourth-order valence-corrected chi connectivity index (χ4v) is 2.37. The lowest BCUT2D eigenvalue weighted by Crippen LogP contribution is -2.31. The van der Waals surface area contributed by atoms with Crippen LogP contribution in [0.1, 0.15) is 24.2 Å². The Morgan fingerprint density at radius 2 is 1.81 bits per heavy atom. The second kappa shape index (κ2) is 7.18. The van der Waals surface area contributed by atoms with Gasteiger partial charge in [0.1, 0.15) is 0 Å². The van der Waals surface area contributed by atoms with Crippen LogP contribution in [0.3, 0.4) is 0 Å². The van der Waals surface area contributed by atoms with Gasteiger partial charge in [0.15, 0.2) is 5.82 Å². The third kappa shape index (κ3) is 4.21. The molecule has 12 heteroatoms. The van der Waals surface area contributed by atoms with Crippen molar-refractivity contribution in [1.29, 1.82) is 0 Å². The van der Waals surface area contributed by atoms with E-state index in [0.29, 0.717) is 0 Å². The van der Waals surface area contributed by atoms with Crippen molar-refractivity contribution in [2.45, 2.75) is 25.4 Å². The maximum atomic E-state index is 12.7. The Morgan fingerprint density at radius 3 is 2.33 bits per heavy atom. The number of rotatable bonds is 5. The average molecular weight is 407 g/mol.